The molecule has 0 atom stereocenters. The van der Waals surface area contributed by atoms with Crippen molar-refractivity contribution in [2.45, 2.75) is 0 Å². The fourth-order valence-corrected chi connectivity index (χ4v) is 2.79. The summed E-state index contributed by atoms with van der Waals surface area (Å²) in [5, 5.41) is 10.8. The number of carbonyl (C=O) groups excluding carboxylic acids is 1. The highest BCUT2D eigenvalue weighted by molar-refractivity contribution is 7.99. The van der Waals surface area contributed by atoms with Gasteiger partial charge in [-0.05, 0) is 6.07 Å². The van der Waals surface area contributed by atoms with Gasteiger partial charge in [-0.3, -0.25) is 14.9 Å². The van der Waals surface area contributed by atoms with Gasteiger partial charge in [0.2, 0.25) is 0 Å². The van der Waals surface area contributed by atoms with Gasteiger partial charge in [-0.1, -0.05) is 0 Å². The van der Waals surface area contributed by atoms with Gasteiger partial charge < -0.3 is 10.6 Å². The Labute approximate surface area is 112 Å². The molecule has 1 aliphatic rings. The van der Waals surface area contributed by atoms with E-state index in [1.165, 1.54) is 4.90 Å². The zero-order valence-corrected chi connectivity index (χ0v) is 10.8. The largest absolute Gasteiger partial charge is 0.392 e. The van der Waals surface area contributed by atoms with Crippen LogP contribution in [0.3, 0.4) is 0 Å². The van der Waals surface area contributed by atoms with E-state index in [-0.39, 0.29) is 0 Å². The number of hydrogen-bond donors (Lipinski definition) is 1. The molecule has 19 heavy (non-hydrogen) atoms. The first-order chi connectivity index (χ1) is 9.02. The van der Waals surface area contributed by atoms with Gasteiger partial charge in [0.1, 0.15) is 17.1 Å². The average molecular weight is 285 g/mol. The predicted molar refractivity (Wildman–Crippen MR) is 70.7 cm³/mol. The van der Waals surface area contributed by atoms with Crippen LogP contribution in [-0.2, 0) is 0 Å². The third-order valence-electron chi connectivity index (χ3n) is 2.88. The minimum Gasteiger partial charge on any atom is -0.392 e. The number of rotatable bonds is 2. The Hall–Kier alpha value is -1.83. The average Bonchev–Trinajstić information content (AvgIpc) is 2.39. The molecule has 8 heteroatoms. The lowest BCUT2D eigenvalue weighted by Gasteiger charge is -2.26. The molecule has 1 heterocycles. The van der Waals surface area contributed by atoms with Crippen molar-refractivity contribution in [3.8, 4) is 0 Å². The molecule has 1 aromatic rings. The van der Waals surface area contributed by atoms with E-state index < -0.39 is 33.6 Å². The summed E-state index contributed by atoms with van der Waals surface area (Å²) in [7, 11) is 0. The van der Waals surface area contributed by atoms with Crippen LogP contribution in [0.25, 0.3) is 0 Å². The summed E-state index contributed by atoms with van der Waals surface area (Å²) in [6, 6.07) is 1.87. The number of benzene rings is 1. The highest BCUT2D eigenvalue weighted by Gasteiger charge is 2.27. The number of hydrogen-bond acceptors (Lipinski definition) is 5. The Kier molecular flexibility index (Phi) is 3.89. The van der Waals surface area contributed by atoms with E-state index in [4.69, 9.17) is 5.73 Å². The second-order valence-electron chi connectivity index (χ2n) is 4.02. The Morgan fingerprint density at radius 2 is 2.05 bits per heavy atom. The number of nitrogens with two attached hydrogens (primary N) is 1. The van der Waals surface area contributed by atoms with Gasteiger partial charge >= 0.3 is 0 Å². The smallest absolute Gasteiger partial charge is 0.293 e. The lowest BCUT2D eigenvalue weighted by molar-refractivity contribution is -0.384. The lowest BCUT2D eigenvalue weighted by atomic mass is 10.1. The van der Waals surface area contributed by atoms with E-state index in [2.05, 4.69) is 0 Å². The van der Waals surface area contributed by atoms with Crippen molar-refractivity contribution >= 4 is 29.0 Å². The van der Waals surface area contributed by atoms with Gasteiger partial charge in [0.15, 0.2) is 0 Å². The standard InChI is InChI=1S/C11H12FN3O3S/c12-7-1-2-8(15(17)18)10(13)9(7)11(16)14-3-5-19-6-4-14/h1-2H,3-6,13H2. The first-order valence-electron chi connectivity index (χ1n) is 5.61. The van der Waals surface area contributed by atoms with Crippen LogP contribution in [0.2, 0.25) is 0 Å². The fourth-order valence-electron chi connectivity index (χ4n) is 1.88. The Morgan fingerprint density at radius 3 is 2.63 bits per heavy atom. The summed E-state index contributed by atoms with van der Waals surface area (Å²) in [6.45, 7) is 0.982. The third-order valence-corrected chi connectivity index (χ3v) is 3.82. The van der Waals surface area contributed by atoms with E-state index >= 15 is 0 Å². The molecule has 1 amide bonds. The van der Waals surface area contributed by atoms with Crippen LogP contribution in [-0.4, -0.2) is 40.3 Å². The van der Waals surface area contributed by atoms with Crippen LogP contribution in [0.1, 0.15) is 10.4 Å². The second-order valence-corrected chi connectivity index (χ2v) is 5.24. The number of nitro benzene ring substituents is 1. The third kappa shape index (κ3) is 2.62. The molecule has 2 N–H and O–H groups in total. The molecule has 1 aliphatic heterocycles. The SMILES string of the molecule is Nc1c([N+](=O)[O-])ccc(F)c1C(=O)N1CCSCC1. The van der Waals surface area contributed by atoms with Crippen molar-refractivity contribution in [1.29, 1.82) is 0 Å². The molecule has 0 bridgehead atoms. The zero-order valence-electron chi connectivity index (χ0n) is 9.97. The van der Waals surface area contributed by atoms with Crippen LogP contribution < -0.4 is 5.73 Å². The number of anilines is 1. The quantitative estimate of drug-likeness (QED) is 0.505. The number of nitrogens with zero attached hydrogens (tertiary/aromatic N) is 2. The van der Waals surface area contributed by atoms with Crippen molar-refractivity contribution in [1.82, 2.24) is 4.90 Å². The van der Waals surface area contributed by atoms with Crippen LogP contribution in [0.15, 0.2) is 12.1 Å². The highest BCUT2D eigenvalue weighted by Crippen LogP contribution is 2.29. The van der Waals surface area contributed by atoms with Crippen molar-refractivity contribution in [2.24, 2.45) is 0 Å². The van der Waals surface area contributed by atoms with Gasteiger partial charge in [-0.2, -0.15) is 11.8 Å². The normalized spacial score (nSPS) is 15.3. The molecule has 6 nitrogen and oxygen atoms in total. The van der Waals surface area contributed by atoms with Gasteiger partial charge in [-0.15, -0.1) is 0 Å². The van der Waals surface area contributed by atoms with Gasteiger partial charge in [-0.25, -0.2) is 4.39 Å². The molecule has 1 aromatic carbocycles. The fraction of sp³-hybridized carbons (Fsp3) is 0.364. The van der Waals surface area contributed by atoms with Gasteiger partial charge in [0.25, 0.3) is 11.6 Å². The van der Waals surface area contributed by atoms with E-state index in [0.29, 0.717) is 13.1 Å². The molecule has 1 saturated heterocycles. The Morgan fingerprint density at radius 1 is 1.42 bits per heavy atom. The molecule has 2 rings (SSSR count). The Bertz CT molecular complexity index is 532. The minimum absolute atomic E-state index is 0.402. The number of halogens is 1. The van der Waals surface area contributed by atoms with Crippen LogP contribution in [0.4, 0.5) is 15.8 Å². The molecule has 0 spiro atoms. The van der Waals surface area contributed by atoms with Crippen molar-refractivity contribution in [2.75, 3.05) is 30.3 Å². The van der Waals surface area contributed by atoms with Gasteiger partial charge in [0.05, 0.1) is 4.92 Å². The van der Waals surface area contributed by atoms with E-state index in [9.17, 15) is 19.3 Å². The topological polar surface area (TPSA) is 89.5 Å². The maximum atomic E-state index is 13.7. The monoisotopic (exact) mass is 285 g/mol. The van der Waals surface area contributed by atoms with Crippen molar-refractivity contribution in [3.05, 3.63) is 33.6 Å². The molecule has 0 radical (unpaired) electrons. The second kappa shape index (κ2) is 5.43. The summed E-state index contributed by atoms with van der Waals surface area (Å²) in [5.74, 6) is 0.120. The molecular formula is C11H12FN3O3S. The predicted octanol–water partition coefficient (Wildman–Crippen LogP) is 1.51. The summed E-state index contributed by atoms with van der Waals surface area (Å²) in [4.78, 5) is 23.7. The highest BCUT2D eigenvalue weighted by atomic mass is 32.2. The van der Waals surface area contributed by atoms with Crippen molar-refractivity contribution < 1.29 is 14.1 Å². The maximum absolute atomic E-state index is 13.7. The number of amides is 1. The van der Waals surface area contributed by atoms with Crippen LogP contribution in [0.5, 0.6) is 0 Å². The molecule has 0 aliphatic carbocycles. The molecule has 1 fully saturated rings. The molecule has 102 valence electrons. The van der Waals surface area contributed by atoms with E-state index in [1.54, 1.807) is 11.8 Å². The summed E-state index contributed by atoms with van der Waals surface area (Å²) in [6.07, 6.45) is 0. The number of carbonyl (C=O) groups is 1. The minimum atomic E-state index is -0.827. The molecule has 0 aromatic heterocycles. The van der Waals surface area contributed by atoms with Crippen LogP contribution in [0, 0.1) is 15.9 Å². The lowest BCUT2D eigenvalue weighted by Crippen LogP contribution is -2.38. The van der Waals surface area contributed by atoms with Crippen LogP contribution >= 0.6 is 11.8 Å². The van der Waals surface area contributed by atoms with E-state index in [0.717, 1.165) is 23.6 Å². The molecule has 0 saturated carbocycles. The number of nitro groups is 1. The number of thioether (sulfide) groups is 1. The summed E-state index contributed by atoms with van der Waals surface area (Å²) >= 11 is 1.70. The molecular weight excluding hydrogens is 273 g/mol. The van der Waals surface area contributed by atoms with Gasteiger partial charge in [0, 0.05) is 30.7 Å². The Balaban J connectivity index is 2.40. The number of nitrogen functional groups attached to an aromatic ring is 1. The zero-order chi connectivity index (χ0) is 14.0. The first-order valence-corrected chi connectivity index (χ1v) is 6.77. The first kappa shape index (κ1) is 13.6. The maximum Gasteiger partial charge on any atom is 0.293 e. The summed E-state index contributed by atoms with van der Waals surface area (Å²) in [5.41, 5.74) is 4.30. The molecule has 0 unspecified atom stereocenters. The van der Waals surface area contributed by atoms with Crippen molar-refractivity contribution in [3.63, 3.8) is 0 Å². The van der Waals surface area contributed by atoms with E-state index in [1.807, 2.05) is 0 Å². The summed E-state index contributed by atoms with van der Waals surface area (Å²) < 4.78 is 13.7.